The van der Waals surface area contributed by atoms with Gasteiger partial charge in [0.2, 0.25) is 11.9 Å². The zero-order valence-electron chi connectivity index (χ0n) is 13.0. The summed E-state index contributed by atoms with van der Waals surface area (Å²) in [5, 5.41) is 0. The summed E-state index contributed by atoms with van der Waals surface area (Å²) in [4.78, 5) is 12.3. The Bertz CT molecular complexity index is 875. The van der Waals surface area contributed by atoms with E-state index in [1.165, 1.54) is 16.8 Å². The number of nitrogens with one attached hydrogen (secondary N) is 1. The number of halogens is 3. The van der Waals surface area contributed by atoms with Gasteiger partial charge in [-0.15, -0.1) is 5.43 Å². The van der Waals surface area contributed by atoms with E-state index in [0.717, 1.165) is 12.1 Å². The van der Waals surface area contributed by atoms with Gasteiger partial charge in [-0.2, -0.15) is 13.2 Å². The molecule has 25 heavy (non-hydrogen) atoms. The molecule has 0 bridgehead atoms. The lowest BCUT2D eigenvalue weighted by molar-refractivity contribution is -0.630. The quantitative estimate of drug-likeness (QED) is 0.715. The van der Waals surface area contributed by atoms with E-state index in [0.29, 0.717) is 16.8 Å². The predicted octanol–water partition coefficient (Wildman–Crippen LogP) is 4.04. The topological polar surface area (TPSA) is 33.0 Å². The van der Waals surface area contributed by atoms with Gasteiger partial charge in [0.1, 0.15) is 0 Å². The van der Waals surface area contributed by atoms with Gasteiger partial charge in [-0.25, -0.2) is 0 Å². The molecule has 0 aliphatic carbocycles. The molecule has 1 N–H and O–H groups in total. The molecule has 2 aromatic carbocycles. The lowest BCUT2D eigenvalue weighted by Crippen LogP contribution is -2.49. The zero-order valence-corrected chi connectivity index (χ0v) is 13.0. The highest BCUT2D eigenvalue weighted by molar-refractivity contribution is 5.98. The second kappa shape index (κ2) is 6.76. The molecule has 1 aromatic heterocycles. The first-order chi connectivity index (χ1) is 11.9. The van der Waals surface area contributed by atoms with Gasteiger partial charge in [0.05, 0.1) is 5.56 Å². The Morgan fingerprint density at radius 1 is 0.840 bits per heavy atom. The van der Waals surface area contributed by atoms with Crippen LogP contribution in [0, 0.1) is 0 Å². The van der Waals surface area contributed by atoms with Crippen molar-refractivity contribution in [2.75, 3.05) is 5.43 Å². The van der Waals surface area contributed by atoms with E-state index in [2.05, 4.69) is 5.43 Å². The van der Waals surface area contributed by atoms with Crippen molar-refractivity contribution in [3.8, 4) is 11.3 Å². The molecule has 0 saturated heterocycles. The number of hydrogen-bond donors (Lipinski definition) is 1. The SMILES string of the molecule is O=C(N[n+]1ccccc1-c1ccc(C(F)(F)F)cc1)c1ccccc1. The number of carbonyl (C=O) groups is 1. The average molecular weight is 343 g/mol. The maximum atomic E-state index is 12.7. The van der Waals surface area contributed by atoms with Crippen LogP contribution in [0.5, 0.6) is 0 Å². The lowest BCUT2D eigenvalue weighted by atomic mass is 10.1. The number of benzene rings is 2. The summed E-state index contributed by atoms with van der Waals surface area (Å²) >= 11 is 0. The fourth-order valence-electron chi connectivity index (χ4n) is 2.37. The molecule has 3 aromatic rings. The van der Waals surface area contributed by atoms with Crippen LogP contribution in [0.4, 0.5) is 13.2 Å². The molecule has 3 nitrogen and oxygen atoms in total. The van der Waals surface area contributed by atoms with Crippen molar-refractivity contribution >= 4 is 5.91 Å². The van der Waals surface area contributed by atoms with Crippen LogP contribution in [0.1, 0.15) is 15.9 Å². The summed E-state index contributed by atoms with van der Waals surface area (Å²) in [5.74, 6) is -0.315. The highest BCUT2D eigenvalue weighted by Gasteiger charge is 2.30. The first kappa shape index (κ1) is 16.7. The Hall–Kier alpha value is -3.15. The summed E-state index contributed by atoms with van der Waals surface area (Å²) in [6.07, 6.45) is -2.75. The summed E-state index contributed by atoms with van der Waals surface area (Å²) in [5.41, 5.74) is 3.62. The fourth-order valence-corrected chi connectivity index (χ4v) is 2.37. The molecule has 0 spiro atoms. The molecule has 1 heterocycles. The molecule has 0 saturated carbocycles. The van der Waals surface area contributed by atoms with Gasteiger partial charge in [0.25, 0.3) is 0 Å². The van der Waals surface area contributed by atoms with Crippen molar-refractivity contribution in [2.24, 2.45) is 0 Å². The normalized spacial score (nSPS) is 11.2. The molecule has 0 fully saturated rings. The standard InChI is InChI=1S/C19H13F3N2O/c20-19(21,22)16-11-9-14(10-12-16)17-8-4-5-13-24(17)23-18(25)15-6-2-1-3-7-15/h1-13H/p+1. The third-order valence-corrected chi connectivity index (χ3v) is 3.63. The van der Waals surface area contributed by atoms with Crippen LogP contribution in [0.3, 0.4) is 0 Å². The number of carbonyl (C=O) groups excluding carboxylic acids is 1. The minimum absolute atomic E-state index is 0.315. The minimum Gasteiger partial charge on any atom is -0.264 e. The monoisotopic (exact) mass is 343 g/mol. The summed E-state index contributed by atoms with van der Waals surface area (Å²) in [6.45, 7) is 0. The lowest BCUT2D eigenvalue weighted by Gasteiger charge is -2.08. The molecular weight excluding hydrogens is 329 g/mol. The Morgan fingerprint density at radius 2 is 1.48 bits per heavy atom. The van der Waals surface area contributed by atoms with Gasteiger partial charge >= 0.3 is 12.1 Å². The van der Waals surface area contributed by atoms with Crippen molar-refractivity contribution < 1.29 is 22.6 Å². The van der Waals surface area contributed by atoms with Crippen LogP contribution >= 0.6 is 0 Å². The molecule has 0 radical (unpaired) electrons. The third kappa shape index (κ3) is 3.85. The maximum absolute atomic E-state index is 12.7. The van der Waals surface area contributed by atoms with E-state index in [-0.39, 0.29) is 5.91 Å². The zero-order chi connectivity index (χ0) is 17.9. The van der Waals surface area contributed by atoms with Crippen molar-refractivity contribution in [3.05, 3.63) is 90.1 Å². The molecule has 0 unspecified atom stereocenters. The van der Waals surface area contributed by atoms with Crippen molar-refractivity contribution in [1.29, 1.82) is 0 Å². The van der Waals surface area contributed by atoms with Gasteiger partial charge in [0.15, 0.2) is 0 Å². The van der Waals surface area contributed by atoms with Crippen LogP contribution in [-0.2, 0) is 6.18 Å². The predicted molar refractivity (Wildman–Crippen MR) is 87.2 cm³/mol. The molecule has 0 aliphatic heterocycles. The molecular formula is C19H14F3N2O+. The molecule has 126 valence electrons. The van der Waals surface area contributed by atoms with E-state index in [1.807, 2.05) is 0 Å². The van der Waals surface area contributed by atoms with Crippen molar-refractivity contribution in [3.63, 3.8) is 0 Å². The van der Waals surface area contributed by atoms with Crippen LogP contribution in [-0.4, -0.2) is 5.91 Å². The number of rotatable bonds is 3. The van der Waals surface area contributed by atoms with Crippen molar-refractivity contribution in [2.45, 2.75) is 6.18 Å². The first-order valence-corrected chi connectivity index (χ1v) is 7.50. The highest BCUT2D eigenvalue weighted by atomic mass is 19.4. The van der Waals surface area contributed by atoms with Crippen LogP contribution in [0.2, 0.25) is 0 Å². The molecule has 1 amide bonds. The van der Waals surface area contributed by atoms with E-state index in [9.17, 15) is 18.0 Å². The second-order valence-corrected chi connectivity index (χ2v) is 5.34. The highest BCUT2D eigenvalue weighted by Crippen LogP contribution is 2.30. The number of alkyl halides is 3. The van der Waals surface area contributed by atoms with E-state index in [4.69, 9.17) is 0 Å². The van der Waals surface area contributed by atoms with Crippen LogP contribution in [0.15, 0.2) is 79.0 Å². The Morgan fingerprint density at radius 3 is 2.12 bits per heavy atom. The summed E-state index contributed by atoms with van der Waals surface area (Å²) in [7, 11) is 0. The smallest absolute Gasteiger partial charge is 0.264 e. The molecule has 3 rings (SSSR count). The average Bonchev–Trinajstić information content (AvgIpc) is 2.62. The fraction of sp³-hybridized carbons (Fsp3) is 0.0526. The Labute approximate surface area is 142 Å². The molecule has 0 atom stereocenters. The Balaban J connectivity index is 1.90. The van der Waals surface area contributed by atoms with Crippen LogP contribution < -0.4 is 10.1 Å². The number of hydrogen-bond acceptors (Lipinski definition) is 1. The Kier molecular flexibility index (Phi) is 4.52. The van der Waals surface area contributed by atoms with Gasteiger partial charge in [-0.05, 0) is 42.5 Å². The molecule has 6 heteroatoms. The van der Waals surface area contributed by atoms with Crippen LogP contribution in [0.25, 0.3) is 11.3 Å². The number of pyridine rings is 1. The molecule has 0 aliphatic rings. The van der Waals surface area contributed by atoms with Gasteiger partial charge < -0.3 is 0 Å². The van der Waals surface area contributed by atoms with Gasteiger partial charge in [-0.3, -0.25) is 4.79 Å². The van der Waals surface area contributed by atoms with Gasteiger partial charge in [-0.1, -0.05) is 22.9 Å². The van der Waals surface area contributed by atoms with E-state index < -0.39 is 11.7 Å². The number of nitrogens with zero attached hydrogens (tertiary/aromatic N) is 1. The summed E-state index contributed by atoms with van der Waals surface area (Å²) < 4.78 is 39.6. The van der Waals surface area contributed by atoms with Crippen molar-refractivity contribution in [1.82, 2.24) is 0 Å². The second-order valence-electron chi connectivity index (χ2n) is 5.34. The van der Waals surface area contributed by atoms with E-state index >= 15 is 0 Å². The minimum atomic E-state index is -4.38. The van der Waals surface area contributed by atoms with E-state index in [1.54, 1.807) is 54.7 Å². The number of aromatic nitrogens is 1. The largest absolute Gasteiger partial charge is 0.416 e. The van der Waals surface area contributed by atoms with Gasteiger partial charge in [0, 0.05) is 23.3 Å². The third-order valence-electron chi connectivity index (χ3n) is 3.63. The first-order valence-electron chi connectivity index (χ1n) is 7.50. The number of amides is 1. The maximum Gasteiger partial charge on any atom is 0.416 e. The summed E-state index contributed by atoms with van der Waals surface area (Å²) in [6, 6.07) is 18.6.